The third-order valence-electron chi connectivity index (χ3n) is 3.42. The molecule has 1 fully saturated rings. The number of benzene rings is 1. The molecule has 1 N–H and O–H groups in total. The fraction of sp³-hybridized carbons (Fsp3) is 0.267. The Morgan fingerprint density at radius 2 is 2.20 bits per heavy atom. The predicted octanol–water partition coefficient (Wildman–Crippen LogP) is 2.29. The number of nitrogens with one attached hydrogen (secondary N) is 1. The summed E-state index contributed by atoms with van der Waals surface area (Å²) in [4.78, 5) is 20.9. The van der Waals surface area contributed by atoms with Crippen LogP contribution < -0.4 is 10.5 Å². The zero-order chi connectivity index (χ0) is 14.1. The average Bonchev–Trinajstić information content (AvgIpc) is 3.30. The van der Waals surface area contributed by atoms with E-state index in [1.165, 1.54) is 6.07 Å². The van der Waals surface area contributed by atoms with Gasteiger partial charge in [0.1, 0.15) is 11.6 Å². The summed E-state index contributed by atoms with van der Waals surface area (Å²) < 4.78 is 0. The summed E-state index contributed by atoms with van der Waals surface area (Å²) in [5.41, 5.74) is 1.28. The number of aromatic amines is 1. The van der Waals surface area contributed by atoms with Gasteiger partial charge in [-0.05, 0) is 31.0 Å². The molecule has 5 nitrogen and oxygen atoms in total. The monoisotopic (exact) mass is 266 g/mol. The molecule has 1 aromatic carbocycles. The van der Waals surface area contributed by atoms with Gasteiger partial charge in [-0.15, -0.1) is 0 Å². The zero-order valence-electron chi connectivity index (χ0n) is 11.1. The number of hydrogen-bond acceptors (Lipinski definition) is 4. The van der Waals surface area contributed by atoms with Crippen LogP contribution in [0.2, 0.25) is 0 Å². The molecule has 1 aliphatic rings. The largest absolute Gasteiger partial charge is 0.329 e. The first-order valence-corrected chi connectivity index (χ1v) is 6.52. The van der Waals surface area contributed by atoms with Crippen LogP contribution in [0.5, 0.6) is 0 Å². The average molecular weight is 266 g/mol. The van der Waals surface area contributed by atoms with Gasteiger partial charge in [0.05, 0.1) is 11.6 Å². The lowest BCUT2D eigenvalue weighted by Gasteiger charge is -2.18. The second-order valence-corrected chi connectivity index (χ2v) is 4.98. The molecule has 0 saturated heterocycles. The first-order chi connectivity index (χ1) is 9.67. The van der Waals surface area contributed by atoms with Crippen LogP contribution in [0.3, 0.4) is 0 Å². The maximum absolute atomic E-state index is 11.7. The number of aromatic nitrogens is 2. The van der Waals surface area contributed by atoms with Crippen molar-refractivity contribution in [1.29, 1.82) is 5.26 Å². The molecule has 0 radical (unpaired) electrons. The molecule has 1 aromatic heterocycles. The first-order valence-electron chi connectivity index (χ1n) is 6.52. The highest BCUT2D eigenvalue weighted by molar-refractivity contribution is 5.60. The van der Waals surface area contributed by atoms with Crippen LogP contribution in [-0.4, -0.2) is 17.0 Å². The van der Waals surface area contributed by atoms with Crippen LogP contribution in [0, 0.1) is 11.3 Å². The number of anilines is 2. The molecular weight excluding hydrogens is 252 g/mol. The summed E-state index contributed by atoms with van der Waals surface area (Å²) in [7, 11) is 1.84. The maximum atomic E-state index is 11.7. The molecule has 0 bridgehead atoms. The van der Waals surface area contributed by atoms with E-state index in [1.54, 1.807) is 12.1 Å². The van der Waals surface area contributed by atoms with Crippen molar-refractivity contribution in [3.63, 3.8) is 0 Å². The summed E-state index contributed by atoms with van der Waals surface area (Å²) in [6, 6.07) is 10.8. The molecule has 1 saturated carbocycles. The van der Waals surface area contributed by atoms with Gasteiger partial charge in [-0.2, -0.15) is 5.26 Å². The Bertz CT molecular complexity index is 740. The number of H-pyrrole nitrogens is 1. The first kappa shape index (κ1) is 12.4. The van der Waals surface area contributed by atoms with Crippen molar-refractivity contribution >= 4 is 11.5 Å². The van der Waals surface area contributed by atoms with Crippen molar-refractivity contribution in [2.24, 2.45) is 0 Å². The predicted molar refractivity (Wildman–Crippen MR) is 76.1 cm³/mol. The molecule has 2 aromatic rings. The van der Waals surface area contributed by atoms with Crippen molar-refractivity contribution < 1.29 is 0 Å². The summed E-state index contributed by atoms with van der Waals surface area (Å²) in [5, 5.41) is 8.94. The minimum Gasteiger partial charge on any atom is -0.329 e. The summed E-state index contributed by atoms with van der Waals surface area (Å²) >= 11 is 0. The minimum absolute atomic E-state index is 0.139. The smallest absolute Gasteiger partial charge is 0.253 e. The molecule has 20 heavy (non-hydrogen) atoms. The molecule has 0 aliphatic heterocycles. The van der Waals surface area contributed by atoms with Gasteiger partial charge >= 0.3 is 0 Å². The van der Waals surface area contributed by atoms with E-state index in [4.69, 9.17) is 5.26 Å². The molecule has 0 amide bonds. The van der Waals surface area contributed by atoms with Crippen LogP contribution >= 0.6 is 0 Å². The summed E-state index contributed by atoms with van der Waals surface area (Å²) in [6.07, 6.45) is 2.17. The highest BCUT2D eigenvalue weighted by Gasteiger charge is 2.26. The molecule has 1 heterocycles. The van der Waals surface area contributed by atoms with Crippen LogP contribution in [0.25, 0.3) is 0 Å². The third kappa shape index (κ3) is 2.41. The Labute approximate surface area is 116 Å². The molecule has 0 unspecified atom stereocenters. The van der Waals surface area contributed by atoms with Crippen LogP contribution in [-0.2, 0) is 0 Å². The molecule has 1 aliphatic carbocycles. The second kappa shape index (κ2) is 4.82. The second-order valence-electron chi connectivity index (χ2n) is 4.98. The van der Waals surface area contributed by atoms with E-state index in [-0.39, 0.29) is 5.56 Å². The van der Waals surface area contributed by atoms with Crippen LogP contribution in [0.4, 0.5) is 11.5 Å². The van der Waals surface area contributed by atoms with Gasteiger partial charge in [-0.25, -0.2) is 4.98 Å². The van der Waals surface area contributed by atoms with Gasteiger partial charge in [0.2, 0.25) is 0 Å². The van der Waals surface area contributed by atoms with Crippen molar-refractivity contribution in [2.75, 3.05) is 11.9 Å². The van der Waals surface area contributed by atoms with Crippen LogP contribution in [0.1, 0.15) is 30.1 Å². The minimum atomic E-state index is -0.139. The van der Waals surface area contributed by atoms with E-state index in [1.807, 2.05) is 24.1 Å². The Balaban J connectivity index is 1.99. The van der Waals surface area contributed by atoms with E-state index < -0.39 is 0 Å². The Morgan fingerprint density at radius 3 is 2.90 bits per heavy atom. The molecule has 0 atom stereocenters. The highest BCUT2D eigenvalue weighted by Crippen LogP contribution is 2.38. The SMILES string of the molecule is CN(c1cccc(C#N)c1)c1cc(=O)[nH]c(C2CC2)n1. The van der Waals surface area contributed by atoms with E-state index in [9.17, 15) is 4.79 Å². The van der Waals surface area contributed by atoms with E-state index in [0.717, 1.165) is 24.4 Å². The van der Waals surface area contributed by atoms with Gasteiger partial charge in [0, 0.05) is 24.7 Å². The number of hydrogen-bond donors (Lipinski definition) is 1. The fourth-order valence-corrected chi connectivity index (χ4v) is 2.10. The lowest BCUT2D eigenvalue weighted by Crippen LogP contribution is -2.18. The van der Waals surface area contributed by atoms with E-state index in [2.05, 4.69) is 16.0 Å². The van der Waals surface area contributed by atoms with Gasteiger partial charge in [0.25, 0.3) is 5.56 Å². The molecule has 0 spiro atoms. The van der Waals surface area contributed by atoms with Crippen molar-refractivity contribution in [1.82, 2.24) is 9.97 Å². The Hall–Kier alpha value is -2.61. The molecule has 3 rings (SSSR count). The lowest BCUT2D eigenvalue weighted by atomic mass is 10.2. The normalized spacial score (nSPS) is 13.8. The molecule has 5 heteroatoms. The zero-order valence-corrected chi connectivity index (χ0v) is 11.1. The van der Waals surface area contributed by atoms with E-state index in [0.29, 0.717) is 17.3 Å². The number of rotatable bonds is 3. The summed E-state index contributed by atoms with van der Waals surface area (Å²) in [6.45, 7) is 0. The highest BCUT2D eigenvalue weighted by atomic mass is 16.1. The van der Waals surface area contributed by atoms with Crippen molar-refractivity contribution in [3.05, 3.63) is 52.1 Å². The third-order valence-corrected chi connectivity index (χ3v) is 3.42. The Kier molecular flexibility index (Phi) is 2.99. The topological polar surface area (TPSA) is 72.8 Å². The standard InChI is InChI=1S/C15H14N4O/c1-19(12-4-2-3-10(7-12)9-16)13-8-14(20)18-15(17-13)11-5-6-11/h2-4,7-8,11H,5-6H2,1H3,(H,17,18,20). The fourth-order valence-electron chi connectivity index (χ4n) is 2.10. The van der Waals surface area contributed by atoms with Gasteiger partial charge in [-0.3, -0.25) is 4.79 Å². The van der Waals surface area contributed by atoms with Gasteiger partial charge in [0.15, 0.2) is 0 Å². The quantitative estimate of drug-likeness (QED) is 0.925. The maximum Gasteiger partial charge on any atom is 0.253 e. The lowest BCUT2D eigenvalue weighted by molar-refractivity contribution is 0.897. The van der Waals surface area contributed by atoms with Crippen molar-refractivity contribution in [2.45, 2.75) is 18.8 Å². The molecule has 100 valence electrons. The Morgan fingerprint density at radius 1 is 1.40 bits per heavy atom. The van der Waals surface area contributed by atoms with E-state index >= 15 is 0 Å². The number of nitriles is 1. The van der Waals surface area contributed by atoms with Gasteiger partial charge in [-0.1, -0.05) is 6.07 Å². The van der Waals surface area contributed by atoms with Crippen molar-refractivity contribution in [3.8, 4) is 6.07 Å². The van der Waals surface area contributed by atoms with Crippen LogP contribution in [0.15, 0.2) is 35.1 Å². The van der Waals surface area contributed by atoms with Gasteiger partial charge < -0.3 is 9.88 Å². The molecular formula is C15H14N4O. The summed E-state index contributed by atoms with van der Waals surface area (Å²) in [5.74, 6) is 1.75. The number of nitrogens with zero attached hydrogens (tertiary/aromatic N) is 3.